The highest BCUT2D eigenvalue weighted by atomic mass is 35.5. The summed E-state index contributed by atoms with van der Waals surface area (Å²) in [5.74, 6) is 0.274. The highest BCUT2D eigenvalue weighted by Crippen LogP contribution is 2.45. The number of aromatic nitrogens is 2. The zero-order valence-corrected chi connectivity index (χ0v) is 19.8. The summed E-state index contributed by atoms with van der Waals surface area (Å²) in [6.07, 6.45) is 1.64. The van der Waals surface area contributed by atoms with Gasteiger partial charge in [-0.05, 0) is 54.6 Å². The molecule has 3 amide bonds. The number of nitrogens with one attached hydrogen (secondary N) is 3. The predicted molar refractivity (Wildman–Crippen MR) is 133 cm³/mol. The molecule has 3 heterocycles. The number of amides is 3. The third-order valence-electron chi connectivity index (χ3n) is 6.88. The fraction of sp³-hybridized carbons (Fsp3) is 0.231. The maximum atomic E-state index is 12.9. The number of hydrogen-bond acceptors (Lipinski definition) is 5. The SMILES string of the molecule is O=C(Cc1[nH]nc2cc(Cl)ccc12)NC1[C@@H]2CN(C(=O)c3ccc(NC(=O)c4ccco4)cc3)C[C@@H]12. The van der Waals surface area contributed by atoms with Crippen molar-refractivity contribution in [3.63, 3.8) is 0 Å². The minimum atomic E-state index is -0.350. The number of H-pyrrole nitrogens is 1. The highest BCUT2D eigenvalue weighted by Gasteiger charge is 2.57. The van der Waals surface area contributed by atoms with E-state index in [1.54, 1.807) is 48.5 Å². The Labute approximate surface area is 210 Å². The quantitative estimate of drug-likeness (QED) is 0.372. The van der Waals surface area contributed by atoms with E-state index in [0.717, 1.165) is 16.6 Å². The number of fused-ring (bicyclic) bond motifs is 2. The molecule has 10 heteroatoms. The smallest absolute Gasteiger partial charge is 0.291 e. The first-order valence-electron chi connectivity index (χ1n) is 11.6. The van der Waals surface area contributed by atoms with Crippen LogP contribution < -0.4 is 10.6 Å². The Bertz CT molecular complexity index is 1450. The minimum Gasteiger partial charge on any atom is -0.459 e. The Morgan fingerprint density at radius 1 is 1.08 bits per heavy atom. The second-order valence-electron chi connectivity index (χ2n) is 9.18. The molecule has 1 aliphatic heterocycles. The molecule has 0 spiro atoms. The van der Waals surface area contributed by atoms with Crippen molar-refractivity contribution in [2.24, 2.45) is 11.8 Å². The summed E-state index contributed by atoms with van der Waals surface area (Å²) in [7, 11) is 0. The van der Waals surface area contributed by atoms with E-state index in [1.165, 1.54) is 6.26 Å². The number of hydrogen-bond donors (Lipinski definition) is 3. The molecule has 2 aromatic heterocycles. The van der Waals surface area contributed by atoms with E-state index >= 15 is 0 Å². The molecule has 0 unspecified atom stereocenters. The van der Waals surface area contributed by atoms with Crippen LogP contribution in [0.2, 0.25) is 5.02 Å². The fourth-order valence-electron chi connectivity index (χ4n) is 4.96. The van der Waals surface area contributed by atoms with Gasteiger partial charge in [0.2, 0.25) is 5.91 Å². The van der Waals surface area contributed by atoms with Gasteiger partial charge in [-0.1, -0.05) is 11.6 Å². The monoisotopic (exact) mass is 503 g/mol. The Balaban J connectivity index is 1.00. The lowest BCUT2D eigenvalue weighted by Crippen LogP contribution is -2.38. The Morgan fingerprint density at radius 3 is 2.58 bits per heavy atom. The molecule has 1 aliphatic carbocycles. The summed E-state index contributed by atoms with van der Waals surface area (Å²) in [4.78, 5) is 39.5. The first-order chi connectivity index (χ1) is 17.5. The summed E-state index contributed by atoms with van der Waals surface area (Å²) in [6, 6.07) is 15.5. The number of halogens is 1. The van der Waals surface area contributed by atoms with Gasteiger partial charge in [-0.15, -0.1) is 0 Å². The minimum absolute atomic E-state index is 0.0567. The van der Waals surface area contributed by atoms with Gasteiger partial charge in [0.15, 0.2) is 5.76 Å². The van der Waals surface area contributed by atoms with Crippen LogP contribution in [0, 0.1) is 11.8 Å². The number of benzene rings is 2. The van der Waals surface area contributed by atoms with Crippen LogP contribution >= 0.6 is 11.6 Å². The predicted octanol–water partition coefficient (Wildman–Crippen LogP) is 3.49. The number of piperidine rings is 1. The van der Waals surface area contributed by atoms with Crippen LogP contribution in [-0.2, 0) is 11.2 Å². The molecule has 2 atom stereocenters. The zero-order valence-electron chi connectivity index (χ0n) is 19.0. The van der Waals surface area contributed by atoms with Gasteiger partial charge in [0.25, 0.3) is 11.8 Å². The van der Waals surface area contributed by atoms with Gasteiger partial charge in [0, 0.05) is 52.6 Å². The van der Waals surface area contributed by atoms with Crippen molar-refractivity contribution in [2.45, 2.75) is 12.5 Å². The number of rotatable bonds is 6. The van der Waals surface area contributed by atoms with Crippen molar-refractivity contribution in [2.75, 3.05) is 18.4 Å². The van der Waals surface area contributed by atoms with Crippen LogP contribution in [0.1, 0.15) is 26.6 Å². The maximum absolute atomic E-state index is 12.9. The summed E-state index contributed by atoms with van der Waals surface area (Å²) >= 11 is 6.00. The number of aromatic amines is 1. The van der Waals surface area contributed by atoms with E-state index in [-0.39, 0.29) is 47.8 Å². The molecule has 0 bridgehead atoms. The topological polar surface area (TPSA) is 120 Å². The zero-order chi connectivity index (χ0) is 24.8. The van der Waals surface area contributed by atoms with E-state index < -0.39 is 0 Å². The van der Waals surface area contributed by atoms with Crippen LogP contribution in [0.15, 0.2) is 65.3 Å². The van der Waals surface area contributed by atoms with Crippen molar-refractivity contribution >= 4 is 45.9 Å². The second kappa shape index (κ2) is 8.83. The van der Waals surface area contributed by atoms with Gasteiger partial charge in [-0.25, -0.2) is 0 Å². The van der Waals surface area contributed by atoms with E-state index in [4.69, 9.17) is 16.0 Å². The summed E-state index contributed by atoms with van der Waals surface area (Å²) in [6.45, 7) is 1.22. The molecule has 1 saturated heterocycles. The summed E-state index contributed by atoms with van der Waals surface area (Å²) in [5.41, 5.74) is 2.62. The van der Waals surface area contributed by atoms with Gasteiger partial charge in [-0.2, -0.15) is 5.10 Å². The lowest BCUT2D eigenvalue weighted by atomic mass is 10.1. The molecule has 1 saturated carbocycles. The average Bonchev–Trinajstić information content (AvgIpc) is 3.38. The van der Waals surface area contributed by atoms with Gasteiger partial charge >= 0.3 is 0 Å². The number of anilines is 1. The molecule has 3 N–H and O–H groups in total. The van der Waals surface area contributed by atoms with Gasteiger partial charge in [-0.3, -0.25) is 19.5 Å². The average molecular weight is 504 g/mol. The van der Waals surface area contributed by atoms with Crippen LogP contribution in [-0.4, -0.2) is 52.0 Å². The highest BCUT2D eigenvalue weighted by molar-refractivity contribution is 6.31. The van der Waals surface area contributed by atoms with Crippen LogP contribution in [0.25, 0.3) is 10.9 Å². The molecule has 2 aromatic carbocycles. The summed E-state index contributed by atoms with van der Waals surface area (Å²) < 4.78 is 5.08. The fourth-order valence-corrected chi connectivity index (χ4v) is 5.12. The molecule has 36 heavy (non-hydrogen) atoms. The van der Waals surface area contributed by atoms with Crippen LogP contribution in [0.4, 0.5) is 5.69 Å². The van der Waals surface area contributed by atoms with Crippen LogP contribution in [0.5, 0.6) is 0 Å². The van der Waals surface area contributed by atoms with Crippen molar-refractivity contribution < 1.29 is 18.8 Å². The molecule has 6 rings (SSSR count). The van der Waals surface area contributed by atoms with E-state index in [9.17, 15) is 14.4 Å². The number of likely N-dealkylation sites (tertiary alicyclic amines) is 1. The number of carbonyl (C=O) groups excluding carboxylic acids is 3. The number of nitrogens with zero attached hydrogens (tertiary/aromatic N) is 2. The number of furan rings is 1. The summed E-state index contributed by atoms with van der Waals surface area (Å²) in [5, 5.41) is 14.5. The maximum Gasteiger partial charge on any atom is 0.291 e. The third kappa shape index (κ3) is 4.22. The van der Waals surface area contributed by atoms with E-state index in [1.807, 2.05) is 11.0 Å². The molecular weight excluding hydrogens is 482 g/mol. The Hall–Kier alpha value is -4.11. The van der Waals surface area contributed by atoms with Crippen molar-refractivity contribution in [1.29, 1.82) is 0 Å². The molecule has 9 nitrogen and oxygen atoms in total. The Kier molecular flexibility index (Phi) is 5.49. The van der Waals surface area contributed by atoms with Gasteiger partial charge in [0.05, 0.1) is 23.9 Å². The van der Waals surface area contributed by atoms with Crippen molar-refractivity contribution in [1.82, 2.24) is 20.4 Å². The van der Waals surface area contributed by atoms with E-state index in [0.29, 0.717) is 29.4 Å². The first-order valence-corrected chi connectivity index (χ1v) is 12.0. The lowest BCUT2D eigenvalue weighted by molar-refractivity contribution is -0.120. The molecular formula is C26H22ClN5O4. The molecule has 4 aromatic rings. The normalized spacial score (nSPS) is 20.2. The largest absolute Gasteiger partial charge is 0.459 e. The lowest BCUT2D eigenvalue weighted by Gasteiger charge is -2.20. The van der Waals surface area contributed by atoms with Gasteiger partial charge < -0.3 is 20.0 Å². The van der Waals surface area contributed by atoms with Crippen LogP contribution in [0.3, 0.4) is 0 Å². The molecule has 182 valence electrons. The van der Waals surface area contributed by atoms with Crippen molar-refractivity contribution in [3.05, 3.63) is 82.9 Å². The molecule has 2 fully saturated rings. The second-order valence-corrected chi connectivity index (χ2v) is 9.62. The molecule has 2 aliphatic rings. The van der Waals surface area contributed by atoms with E-state index in [2.05, 4.69) is 20.8 Å². The third-order valence-corrected chi connectivity index (χ3v) is 7.11. The van der Waals surface area contributed by atoms with Crippen molar-refractivity contribution in [3.8, 4) is 0 Å². The standard InChI is InChI=1S/C26H22ClN5O4/c27-15-5-8-17-20(10-15)30-31-21(17)11-23(33)29-24-18-12-32(13-19(18)24)26(35)14-3-6-16(7-4-14)28-25(34)22-2-1-9-36-22/h1-10,18-19,24H,11-13H2,(H,28,34)(H,29,33)(H,30,31)/t18-,19-/m1/s1. The van der Waals surface area contributed by atoms with Gasteiger partial charge in [0.1, 0.15) is 0 Å². The Morgan fingerprint density at radius 2 is 1.86 bits per heavy atom. The first kappa shape index (κ1) is 22.4. The number of carbonyl (C=O) groups is 3. The molecule has 0 radical (unpaired) electrons.